The lowest BCUT2D eigenvalue weighted by Crippen LogP contribution is -2.63. The molecule has 5 nitrogen and oxygen atoms in total. The molecule has 6 rings (SSSR count). The quantitative estimate of drug-likeness (QED) is 0.738. The molecule has 0 radical (unpaired) electrons. The Morgan fingerprint density at radius 1 is 1.08 bits per heavy atom. The lowest BCUT2D eigenvalue weighted by atomic mass is 9.39. The van der Waals surface area contributed by atoms with Gasteiger partial charge in [0, 0.05) is 0 Å². The van der Waals surface area contributed by atoms with Gasteiger partial charge in [-0.1, -0.05) is 6.92 Å². The summed E-state index contributed by atoms with van der Waals surface area (Å²) in [6, 6.07) is 0. The highest BCUT2D eigenvalue weighted by atomic mass is 16.5. The molecule has 4 bridgehead atoms. The van der Waals surface area contributed by atoms with E-state index >= 15 is 0 Å². The van der Waals surface area contributed by atoms with Gasteiger partial charge in [0.05, 0.1) is 24.0 Å². The number of aliphatic carboxylic acids is 1. The second kappa shape index (κ2) is 4.65. The number of ether oxygens (including phenoxy) is 1. The highest BCUT2D eigenvalue weighted by Gasteiger charge is 2.83. The van der Waals surface area contributed by atoms with Crippen LogP contribution in [0.15, 0.2) is 0 Å². The first-order chi connectivity index (χ1) is 12.2. The van der Waals surface area contributed by atoms with Crippen LogP contribution in [-0.2, 0) is 14.3 Å². The average Bonchev–Trinajstić information content (AvgIpc) is 3.13. The number of methoxy groups -OCH3 is 1. The zero-order valence-electron chi connectivity index (χ0n) is 16.0. The van der Waals surface area contributed by atoms with E-state index in [4.69, 9.17) is 4.74 Å². The number of esters is 1. The molecule has 144 valence electrons. The number of fused-ring (bicyclic) bond motifs is 1. The van der Waals surface area contributed by atoms with Crippen molar-refractivity contribution in [2.75, 3.05) is 7.11 Å². The van der Waals surface area contributed by atoms with Gasteiger partial charge >= 0.3 is 11.9 Å². The van der Waals surface area contributed by atoms with Gasteiger partial charge in [0.25, 0.3) is 0 Å². The number of rotatable bonds is 2. The summed E-state index contributed by atoms with van der Waals surface area (Å²) in [6.45, 7) is 4.22. The molecule has 1 spiro atoms. The van der Waals surface area contributed by atoms with Crippen LogP contribution in [0.5, 0.6) is 0 Å². The second-order valence-corrected chi connectivity index (χ2v) is 10.5. The molecule has 5 heteroatoms. The molecule has 0 saturated heterocycles. The van der Waals surface area contributed by atoms with Crippen LogP contribution in [0.4, 0.5) is 0 Å². The molecule has 6 saturated carbocycles. The van der Waals surface area contributed by atoms with Gasteiger partial charge in [-0.2, -0.15) is 0 Å². The van der Waals surface area contributed by atoms with E-state index in [1.165, 1.54) is 7.11 Å². The summed E-state index contributed by atoms with van der Waals surface area (Å²) in [5.74, 6) is 0.439. The lowest BCUT2D eigenvalue weighted by Gasteiger charge is -2.65. The summed E-state index contributed by atoms with van der Waals surface area (Å²) >= 11 is 0. The largest absolute Gasteiger partial charge is 0.481 e. The van der Waals surface area contributed by atoms with Crippen LogP contribution in [-0.4, -0.2) is 35.4 Å². The highest BCUT2D eigenvalue weighted by Crippen LogP contribution is 2.85. The van der Waals surface area contributed by atoms with Crippen molar-refractivity contribution in [2.45, 2.75) is 64.9 Å². The number of hydrogen-bond acceptors (Lipinski definition) is 4. The van der Waals surface area contributed by atoms with Crippen molar-refractivity contribution in [1.82, 2.24) is 0 Å². The highest BCUT2D eigenvalue weighted by molar-refractivity contribution is 5.81. The number of carbonyl (C=O) groups excluding carboxylic acids is 1. The minimum absolute atomic E-state index is 0.0152. The Balaban J connectivity index is 1.54. The zero-order valence-corrected chi connectivity index (χ0v) is 16.0. The third-order valence-electron chi connectivity index (χ3n) is 10.1. The number of aliphatic hydroxyl groups excluding tert-OH is 1. The summed E-state index contributed by atoms with van der Waals surface area (Å²) < 4.78 is 5.13. The van der Waals surface area contributed by atoms with E-state index in [0.717, 1.165) is 38.5 Å². The predicted molar refractivity (Wildman–Crippen MR) is 93.0 cm³/mol. The fraction of sp³-hybridized carbons (Fsp3) is 0.905. The Labute approximate surface area is 154 Å². The van der Waals surface area contributed by atoms with Crippen molar-refractivity contribution >= 4 is 11.9 Å². The van der Waals surface area contributed by atoms with Gasteiger partial charge in [0.2, 0.25) is 0 Å². The SMILES string of the molecule is COC(=O)[C@]1(C)[C@H](O)CC[C@@]2(C)[C@@H]3C[C@@H]4[C@@H]5C[C@@]3(CC[C@@H]21)C[C@]45C(=O)O. The number of carbonyl (C=O) groups is 2. The maximum Gasteiger partial charge on any atom is 0.314 e. The maximum absolute atomic E-state index is 12.7. The number of carboxylic acid groups (broad SMARTS) is 1. The molecule has 0 unspecified atom stereocenters. The number of carboxylic acids is 1. The summed E-state index contributed by atoms with van der Waals surface area (Å²) in [5, 5.41) is 20.6. The van der Waals surface area contributed by atoms with Crippen LogP contribution in [0.1, 0.15) is 58.8 Å². The molecular weight excluding hydrogens is 332 g/mol. The van der Waals surface area contributed by atoms with Crippen LogP contribution >= 0.6 is 0 Å². The van der Waals surface area contributed by atoms with E-state index in [0.29, 0.717) is 24.2 Å². The van der Waals surface area contributed by atoms with E-state index in [9.17, 15) is 19.8 Å². The molecule has 6 aliphatic rings. The van der Waals surface area contributed by atoms with Crippen LogP contribution in [0, 0.1) is 45.3 Å². The minimum Gasteiger partial charge on any atom is -0.481 e. The first kappa shape index (κ1) is 17.0. The summed E-state index contributed by atoms with van der Waals surface area (Å²) in [6.07, 6.45) is 5.69. The van der Waals surface area contributed by atoms with Gasteiger partial charge in [0.1, 0.15) is 0 Å². The average molecular weight is 362 g/mol. The summed E-state index contributed by atoms with van der Waals surface area (Å²) in [5.41, 5.74) is -1.15. The van der Waals surface area contributed by atoms with E-state index in [2.05, 4.69) is 6.92 Å². The van der Waals surface area contributed by atoms with Crippen molar-refractivity contribution in [3.8, 4) is 0 Å². The minimum atomic E-state index is -0.850. The molecule has 6 fully saturated rings. The Bertz CT molecular complexity index is 705. The van der Waals surface area contributed by atoms with E-state index in [-0.39, 0.29) is 22.7 Å². The first-order valence-electron chi connectivity index (χ1n) is 10.2. The molecule has 2 N–H and O–H groups in total. The van der Waals surface area contributed by atoms with Crippen molar-refractivity contribution in [1.29, 1.82) is 0 Å². The van der Waals surface area contributed by atoms with Gasteiger partial charge in [0.15, 0.2) is 0 Å². The topological polar surface area (TPSA) is 83.8 Å². The standard InChI is InChI=1S/C21H30O5/c1-18-6-5-15(22)19(2,17(25)26-3)13(18)4-7-20-9-12-11(8-14(18)20)21(12,10-20)16(23)24/h11-15,22H,4-10H2,1-3H3,(H,23,24)/t11-,12+,13+,14+,15-,18-,19+,20+,21+/m1/s1. The normalized spacial score (nSPS) is 59.2. The molecule has 0 aromatic rings. The van der Waals surface area contributed by atoms with Crippen molar-refractivity contribution in [3.63, 3.8) is 0 Å². The monoisotopic (exact) mass is 362 g/mol. The molecule has 6 aliphatic carbocycles. The van der Waals surface area contributed by atoms with E-state index < -0.39 is 22.9 Å². The molecule has 0 heterocycles. The lowest BCUT2D eigenvalue weighted by molar-refractivity contribution is -0.212. The van der Waals surface area contributed by atoms with Crippen molar-refractivity contribution < 1.29 is 24.5 Å². The van der Waals surface area contributed by atoms with Crippen LogP contribution in [0.2, 0.25) is 0 Å². The van der Waals surface area contributed by atoms with Crippen LogP contribution in [0.25, 0.3) is 0 Å². The first-order valence-corrected chi connectivity index (χ1v) is 10.2. The van der Waals surface area contributed by atoms with Gasteiger partial charge in [-0.25, -0.2) is 0 Å². The molecular formula is C21H30O5. The molecule has 0 aromatic heterocycles. The fourth-order valence-electron chi connectivity index (χ4n) is 8.97. The number of aliphatic hydroxyl groups is 1. The Hall–Kier alpha value is -1.10. The maximum atomic E-state index is 12.7. The van der Waals surface area contributed by atoms with Crippen molar-refractivity contribution in [2.24, 2.45) is 45.3 Å². The van der Waals surface area contributed by atoms with Gasteiger partial charge < -0.3 is 14.9 Å². The van der Waals surface area contributed by atoms with Crippen LogP contribution < -0.4 is 0 Å². The molecule has 9 atom stereocenters. The second-order valence-electron chi connectivity index (χ2n) is 10.5. The number of hydrogen-bond donors (Lipinski definition) is 2. The molecule has 0 aromatic carbocycles. The van der Waals surface area contributed by atoms with Gasteiger partial charge in [-0.3, -0.25) is 9.59 Å². The summed E-state index contributed by atoms with van der Waals surface area (Å²) in [4.78, 5) is 24.7. The Kier molecular flexibility index (Phi) is 3.05. The Morgan fingerprint density at radius 2 is 1.81 bits per heavy atom. The molecule has 0 amide bonds. The van der Waals surface area contributed by atoms with Gasteiger partial charge in [-0.15, -0.1) is 0 Å². The fourth-order valence-corrected chi connectivity index (χ4v) is 8.97. The third kappa shape index (κ3) is 1.56. The molecule has 0 aliphatic heterocycles. The molecule has 26 heavy (non-hydrogen) atoms. The summed E-state index contributed by atoms with van der Waals surface area (Å²) in [7, 11) is 1.42. The van der Waals surface area contributed by atoms with E-state index in [1.807, 2.05) is 6.92 Å². The van der Waals surface area contributed by atoms with E-state index in [1.54, 1.807) is 0 Å². The van der Waals surface area contributed by atoms with Crippen molar-refractivity contribution in [3.05, 3.63) is 0 Å². The smallest absolute Gasteiger partial charge is 0.314 e. The third-order valence-corrected chi connectivity index (χ3v) is 10.1. The predicted octanol–water partition coefficient (Wildman–Crippen LogP) is 2.85. The van der Waals surface area contributed by atoms with Crippen LogP contribution in [0.3, 0.4) is 0 Å². The Morgan fingerprint density at radius 3 is 2.42 bits per heavy atom. The zero-order chi connectivity index (χ0) is 18.7. The van der Waals surface area contributed by atoms with Gasteiger partial charge in [-0.05, 0) is 86.4 Å².